The lowest BCUT2D eigenvalue weighted by Crippen LogP contribution is -2.19. The summed E-state index contributed by atoms with van der Waals surface area (Å²) in [4.78, 5) is 17.3. The number of hydrogen-bond acceptors (Lipinski definition) is 4. The van der Waals surface area contributed by atoms with Crippen molar-refractivity contribution in [3.8, 4) is 5.75 Å². The van der Waals surface area contributed by atoms with Crippen LogP contribution < -0.4 is 10.1 Å². The van der Waals surface area contributed by atoms with Crippen LogP contribution in [-0.4, -0.2) is 18.2 Å². The number of amidine groups is 1. The molecule has 2 aromatic carbocycles. The lowest BCUT2D eigenvalue weighted by atomic mass is 10.0. The number of hydrogen-bond donors (Lipinski definition) is 1. The van der Waals surface area contributed by atoms with Crippen LogP contribution in [0.25, 0.3) is 6.08 Å². The van der Waals surface area contributed by atoms with Crippen molar-refractivity contribution < 1.29 is 9.53 Å². The quantitative estimate of drug-likeness (QED) is 0.811. The van der Waals surface area contributed by atoms with Crippen LogP contribution in [0.2, 0.25) is 0 Å². The number of nitrogens with one attached hydrogen (secondary N) is 1. The van der Waals surface area contributed by atoms with Crippen LogP contribution in [-0.2, 0) is 4.79 Å². The van der Waals surface area contributed by atoms with Crippen LogP contribution in [0.4, 0.5) is 5.69 Å². The Labute approximate surface area is 152 Å². The topological polar surface area (TPSA) is 50.7 Å². The molecule has 4 nitrogen and oxygen atoms in total. The number of nitrogens with zero attached hydrogens (tertiary/aromatic N) is 1. The van der Waals surface area contributed by atoms with Crippen LogP contribution in [0.3, 0.4) is 0 Å². The molecule has 1 fully saturated rings. The predicted octanol–water partition coefficient (Wildman–Crippen LogP) is 4.71. The van der Waals surface area contributed by atoms with Gasteiger partial charge in [-0.3, -0.25) is 4.79 Å². The monoisotopic (exact) mass is 352 g/mol. The van der Waals surface area contributed by atoms with Gasteiger partial charge in [0.05, 0.1) is 17.7 Å². The molecule has 25 heavy (non-hydrogen) atoms. The van der Waals surface area contributed by atoms with Crippen molar-refractivity contribution in [2.45, 2.75) is 19.8 Å². The molecule has 1 aliphatic rings. The van der Waals surface area contributed by atoms with E-state index >= 15 is 0 Å². The second-order valence-electron chi connectivity index (χ2n) is 6.00. The SMILES string of the molecule is COc1ccc(N=C2NC(=O)/C(=C/c3ccc(C(C)C)cc3)S2)cc1. The van der Waals surface area contributed by atoms with Gasteiger partial charge >= 0.3 is 0 Å². The molecule has 3 rings (SSSR count). The Bertz CT molecular complexity index is 822. The fourth-order valence-corrected chi connectivity index (χ4v) is 3.22. The van der Waals surface area contributed by atoms with E-state index in [1.54, 1.807) is 7.11 Å². The van der Waals surface area contributed by atoms with Gasteiger partial charge in [-0.1, -0.05) is 38.1 Å². The Morgan fingerprint density at radius 1 is 1.08 bits per heavy atom. The van der Waals surface area contributed by atoms with Crippen molar-refractivity contribution in [1.82, 2.24) is 5.32 Å². The molecular formula is C20H20N2O2S. The van der Waals surface area contributed by atoms with Gasteiger partial charge in [-0.2, -0.15) is 0 Å². The highest BCUT2D eigenvalue weighted by atomic mass is 32.2. The molecule has 0 radical (unpaired) electrons. The van der Waals surface area contributed by atoms with Crippen LogP contribution in [0, 0.1) is 0 Å². The number of amides is 1. The van der Waals surface area contributed by atoms with Crippen LogP contribution in [0.5, 0.6) is 5.75 Å². The zero-order chi connectivity index (χ0) is 17.8. The normalized spacial score (nSPS) is 17.4. The summed E-state index contributed by atoms with van der Waals surface area (Å²) in [6, 6.07) is 15.7. The zero-order valence-corrected chi connectivity index (χ0v) is 15.3. The second kappa shape index (κ2) is 7.57. The molecule has 0 unspecified atom stereocenters. The Morgan fingerprint density at radius 2 is 1.76 bits per heavy atom. The molecule has 1 heterocycles. The maximum Gasteiger partial charge on any atom is 0.264 e. The summed E-state index contributed by atoms with van der Waals surface area (Å²) in [5, 5.41) is 3.39. The fraction of sp³-hybridized carbons (Fsp3) is 0.200. The van der Waals surface area contributed by atoms with E-state index in [0.717, 1.165) is 17.0 Å². The highest BCUT2D eigenvalue weighted by Gasteiger charge is 2.23. The first-order chi connectivity index (χ1) is 12.0. The third kappa shape index (κ3) is 4.31. The number of benzene rings is 2. The molecule has 0 bridgehead atoms. The van der Waals surface area contributed by atoms with Gasteiger partial charge in [0.2, 0.25) is 0 Å². The Balaban J connectivity index is 1.76. The summed E-state index contributed by atoms with van der Waals surface area (Å²) in [6.07, 6.45) is 1.89. The average Bonchev–Trinajstić information content (AvgIpc) is 2.95. The predicted molar refractivity (Wildman–Crippen MR) is 104 cm³/mol. The first kappa shape index (κ1) is 17.3. The first-order valence-corrected chi connectivity index (χ1v) is 8.90. The van der Waals surface area contributed by atoms with Crippen molar-refractivity contribution in [3.05, 3.63) is 64.6 Å². The number of carbonyl (C=O) groups excluding carboxylic acids is 1. The molecule has 5 heteroatoms. The van der Waals surface area contributed by atoms with Crippen LogP contribution in [0.15, 0.2) is 58.4 Å². The summed E-state index contributed by atoms with van der Waals surface area (Å²) in [5.41, 5.74) is 3.06. The summed E-state index contributed by atoms with van der Waals surface area (Å²) < 4.78 is 5.13. The molecule has 1 amide bonds. The van der Waals surface area contributed by atoms with Crippen LogP contribution >= 0.6 is 11.8 Å². The number of aliphatic imine (C=N–C) groups is 1. The molecule has 1 aliphatic heterocycles. The van der Waals surface area contributed by atoms with Crippen molar-refractivity contribution in [2.75, 3.05) is 7.11 Å². The summed E-state index contributed by atoms with van der Waals surface area (Å²) in [7, 11) is 1.62. The van der Waals surface area contributed by atoms with E-state index in [9.17, 15) is 4.79 Å². The third-order valence-electron chi connectivity index (χ3n) is 3.85. The number of thioether (sulfide) groups is 1. The van der Waals surface area contributed by atoms with Crippen molar-refractivity contribution in [3.63, 3.8) is 0 Å². The average molecular weight is 352 g/mol. The second-order valence-corrected chi connectivity index (χ2v) is 7.03. The van der Waals surface area contributed by atoms with E-state index in [2.05, 4.69) is 36.3 Å². The first-order valence-electron chi connectivity index (χ1n) is 8.09. The van der Waals surface area contributed by atoms with Crippen LogP contribution in [0.1, 0.15) is 30.9 Å². The zero-order valence-electron chi connectivity index (χ0n) is 14.4. The molecule has 1 saturated heterocycles. The van der Waals surface area contributed by atoms with Gasteiger partial charge in [-0.15, -0.1) is 0 Å². The third-order valence-corrected chi connectivity index (χ3v) is 4.76. The summed E-state index contributed by atoms with van der Waals surface area (Å²) >= 11 is 1.35. The molecule has 0 aliphatic carbocycles. The van der Waals surface area contributed by atoms with Gasteiger partial charge in [-0.25, -0.2) is 4.99 Å². The molecular weight excluding hydrogens is 332 g/mol. The van der Waals surface area contributed by atoms with Gasteiger partial charge in [0.15, 0.2) is 5.17 Å². The van der Waals surface area contributed by atoms with E-state index in [0.29, 0.717) is 16.0 Å². The largest absolute Gasteiger partial charge is 0.497 e. The van der Waals surface area contributed by atoms with E-state index < -0.39 is 0 Å². The van der Waals surface area contributed by atoms with E-state index in [4.69, 9.17) is 4.74 Å². The highest BCUT2D eigenvalue weighted by molar-refractivity contribution is 8.18. The van der Waals surface area contributed by atoms with E-state index in [1.165, 1.54) is 17.3 Å². The lowest BCUT2D eigenvalue weighted by Gasteiger charge is -2.04. The molecule has 0 saturated carbocycles. The van der Waals surface area contributed by atoms with E-state index in [1.807, 2.05) is 42.5 Å². The maximum atomic E-state index is 12.2. The Kier molecular flexibility index (Phi) is 5.24. The summed E-state index contributed by atoms with van der Waals surface area (Å²) in [6.45, 7) is 4.32. The van der Waals surface area contributed by atoms with E-state index in [-0.39, 0.29) is 5.91 Å². The lowest BCUT2D eigenvalue weighted by molar-refractivity contribution is -0.115. The van der Waals surface area contributed by atoms with Crippen molar-refractivity contribution in [2.24, 2.45) is 4.99 Å². The highest BCUT2D eigenvalue weighted by Crippen LogP contribution is 2.29. The number of rotatable bonds is 4. The van der Waals surface area contributed by atoms with Gasteiger partial charge in [-0.05, 0) is 59.1 Å². The molecule has 0 spiro atoms. The number of ether oxygens (including phenoxy) is 1. The molecule has 1 N–H and O–H groups in total. The minimum atomic E-state index is -0.120. The number of methoxy groups -OCH3 is 1. The van der Waals surface area contributed by atoms with Gasteiger partial charge in [0, 0.05) is 0 Å². The summed E-state index contributed by atoms with van der Waals surface area (Å²) in [5.74, 6) is 1.15. The Hall–Kier alpha value is -2.53. The fourth-order valence-electron chi connectivity index (χ4n) is 2.38. The van der Waals surface area contributed by atoms with Crippen molar-refractivity contribution >= 4 is 34.6 Å². The maximum absolute atomic E-state index is 12.2. The Morgan fingerprint density at radius 3 is 2.36 bits per heavy atom. The molecule has 0 aromatic heterocycles. The van der Waals surface area contributed by atoms with Gasteiger partial charge in [0.1, 0.15) is 5.75 Å². The van der Waals surface area contributed by atoms with Gasteiger partial charge in [0.25, 0.3) is 5.91 Å². The smallest absolute Gasteiger partial charge is 0.264 e. The van der Waals surface area contributed by atoms with Crippen molar-refractivity contribution in [1.29, 1.82) is 0 Å². The van der Waals surface area contributed by atoms with Gasteiger partial charge < -0.3 is 10.1 Å². The molecule has 2 aromatic rings. The molecule has 0 atom stereocenters. The standard InChI is InChI=1S/C20H20N2O2S/c1-13(2)15-6-4-14(5-7-15)12-18-19(23)22-20(25-18)21-16-8-10-17(24-3)11-9-16/h4-13H,1-3H3,(H,21,22,23)/b18-12-. The minimum absolute atomic E-state index is 0.120. The minimum Gasteiger partial charge on any atom is -0.497 e. The number of carbonyl (C=O) groups is 1. The molecule has 128 valence electrons.